The van der Waals surface area contributed by atoms with Crippen LogP contribution in [0, 0.1) is 17.3 Å². The molecule has 0 unspecified atom stereocenters. The minimum Gasteiger partial charge on any atom is -0.481 e. The van der Waals surface area contributed by atoms with Crippen molar-refractivity contribution in [2.45, 2.75) is 26.2 Å². The Labute approximate surface area is 169 Å². The average Bonchev–Trinajstić information content (AvgIpc) is 3.11. The van der Waals surface area contributed by atoms with E-state index < -0.39 is 0 Å². The molecule has 3 rings (SSSR count). The van der Waals surface area contributed by atoms with Gasteiger partial charge in [0.1, 0.15) is 5.15 Å². The molecule has 1 spiro atoms. The van der Waals surface area contributed by atoms with E-state index in [2.05, 4.69) is 16.8 Å². The number of hydrogen-bond acceptors (Lipinski definition) is 5. The Morgan fingerprint density at radius 3 is 2.54 bits per heavy atom. The third-order valence-corrected chi connectivity index (χ3v) is 5.67. The minimum absolute atomic E-state index is 0.0554. The van der Waals surface area contributed by atoms with E-state index in [-0.39, 0.29) is 29.2 Å². The van der Waals surface area contributed by atoms with E-state index in [1.165, 1.54) is 7.11 Å². The number of halogens is 1. The van der Waals surface area contributed by atoms with Crippen LogP contribution in [0.1, 0.15) is 36.5 Å². The van der Waals surface area contributed by atoms with Crippen LogP contribution in [0.5, 0.6) is 5.88 Å². The fourth-order valence-electron chi connectivity index (χ4n) is 3.83. The molecule has 7 nitrogen and oxygen atoms in total. The summed E-state index contributed by atoms with van der Waals surface area (Å²) in [6.45, 7) is 4.48. The SMILES string of the molecule is CC#CCOC(=O)N1CCC2(CCN(C(=O)c3cc(Cl)nc(OC)c3)CC2)C1. The van der Waals surface area contributed by atoms with E-state index in [4.69, 9.17) is 21.1 Å². The van der Waals surface area contributed by atoms with Crippen molar-refractivity contribution in [1.82, 2.24) is 14.8 Å². The number of piperidine rings is 1. The molecule has 3 heterocycles. The lowest BCUT2D eigenvalue weighted by molar-refractivity contribution is 0.0578. The van der Waals surface area contributed by atoms with Crippen molar-refractivity contribution in [2.75, 3.05) is 39.9 Å². The van der Waals surface area contributed by atoms with Crippen LogP contribution < -0.4 is 4.74 Å². The van der Waals surface area contributed by atoms with Gasteiger partial charge in [0, 0.05) is 37.8 Å². The number of amides is 2. The standard InChI is InChI=1S/C20H24ClN3O4/c1-3-4-11-28-19(26)24-10-7-20(14-24)5-8-23(9-6-20)18(25)15-12-16(21)22-17(13-15)27-2/h12-13H,5-11,14H2,1-2H3. The first-order chi connectivity index (χ1) is 13.5. The molecule has 1 aromatic rings. The Balaban J connectivity index is 1.57. The molecule has 0 aliphatic carbocycles. The van der Waals surface area contributed by atoms with Crippen LogP contribution in [0.4, 0.5) is 4.79 Å². The molecular formula is C20H24ClN3O4. The van der Waals surface area contributed by atoms with Crippen LogP contribution in [0.25, 0.3) is 0 Å². The molecular weight excluding hydrogens is 382 g/mol. The maximum atomic E-state index is 12.8. The lowest BCUT2D eigenvalue weighted by Crippen LogP contribution is -2.44. The van der Waals surface area contributed by atoms with Gasteiger partial charge in [-0.2, -0.15) is 0 Å². The highest BCUT2D eigenvalue weighted by Crippen LogP contribution is 2.40. The highest BCUT2D eigenvalue weighted by atomic mass is 35.5. The van der Waals surface area contributed by atoms with Gasteiger partial charge in [-0.05, 0) is 37.7 Å². The predicted molar refractivity (Wildman–Crippen MR) is 104 cm³/mol. The largest absolute Gasteiger partial charge is 0.481 e. The summed E-state index contributed by atoms with van der Waals surface area (Å²) in [5.74, 6) is 5.68. The maximum Gasteiger partial charge on any atom is 0.410 e. The van der Waals surface area contributed by atoms with E-state index in [1.807, 2.05) is 4.90 Å². The van der Waals surface area contributed by atoms with Crippen molar-refractivity contribution in [1.29, 1.82) is 0 Å². The monoisotopic (exact) mass is 405 g/mol. The van der Waals surface area contributed by atoms with E-state index in [0.717, 1.165) is 19.3 Å². The molecule has 0 atom stereocenters. The molecule has 8 heteroatoms. The number of likely N-dealkylation sites (tertiary alicyclic amines) is 2. The molecule has 2 saturated heterocycles. The van der Waals surface area contributed by atoms with Gasteiger partial charge in [-0.15, -0.1) is 5.92 Å². The lowest BCUT2D eigenvalue weighted by atomic mass is 9.77. The first-order valence-corrected chi connectivity index (χ1v) is 9.66. The van der Waals surface area contributed by atoms with Gasteiger partial charge in [-0.3, -0.25) is 4.79 Å². The van der Waals surface area contributed by atoms with Crippen LogP contribution in [-0.4, -0.2) is 66.7 Å². The summed E-state index contributed by atoms with van der Waals surface area (Å²) in [6.07, 6.45) is 2.33. The second-order valence-corrected chi connectivity index (χ2v) is 7.55. The molecule has 0 saturated carbocycles. The van der Waals surface area contributed by atoms with Gasteiger partial charge in [0.25, 0.3) is 5.91 Å². The number of nitrogens with zero attached hydrogens (tertiary/aromatic N) is 3. The van der Waals surface area contributed by atoms with Crippen molar-refractivity contribution in [3.8, 4) is 17.7 Å². The third-order valence-electron chi connectivity index (χ3n) is 5.48. The summed E-state index contributed by atoms with van der Waals surface area (Å²) in [5, 5.41) is 0.230. The van der Waals surface area contributed by atoms with Crippen molar-refractivity contribution < 1.29 is 19.1 Å². The molecule has 1 aromatic heterocycles. The van der Waals surface area contributed by atoms with E-state index >= 15 is 0 Å². The van der Waals surface area contributed by atoms with E-state index in [9.17, 15) is 9.59 Å². The number of rotatable bonds is 3. The Morgan fingerprint density at radius 1 is 1.21 bits per heavy atom. The average molecular weight is 406 g/mol. The van der Waals surface area contributed by atoms with Gasteiger partial charge >= 0.3 is 6.09 Å². The fourth-order valence-corrected chi connectivity index (χ4v) is 4.03. The first kappa shape index (κ1) is 20.3. The molecule has 2 fully saturated rings. The van der Waals surface area contributed by atoms with Crippen LogP contribution in [0.3, 0.4) is 0 Å². The van der Waals surface area contributed by atoms with Crippen molar-refractivity contribution in [2.24, 2.45) is 5.41 Å². The van der Waals surface area contributed by atoms with Crippen LogP contribution >= 0.6 is 11.6 Å². The molecule has 2 aliphatic rings. The maximum absolute atomic E-state index is 12.8. The quantitative estimate of drug-likeness (QED) is 0.571. The molecule has 0 N–H and O–H groups in total. The molecule has 0 radical (unpaired) electrons. The highest BCUT2D eigenvalue weighted by Gasteiger charge is 2.43. The van der Waals surface area contributed by atoms with Gasteiger partial charge < -0.3 is 19.3 Å². The molecule has 2 amide bonds. The van der Waals surface area contributed by atoms with E-state index in [0.29, 0.717) is 37.6 Å². The summed E-state index contributed by atoms with van der Waals surface area (Å²) in [7, 11) is 1.49. The number of ether oxygens (including phenoxy) is 2. The zero-order valence-electron chi connectivity index (χ0n) is 16.2. The Bertz CT molecular complexity index is 809. The summed E-state index contributed by atoms with van der Waals surface area (Å²) in [4.78, 5) is 32.6. The summed E-state index contributed by atoms with van der Waals surface area (Å²) >= 11 is 5.98. The smallest absolute Gasteiger partial charge is 0.410 e. The van der Waals surface area contributed by atoms with Crippen molar-refractivity contribution in [3.63, 3.8) is 0 Å². The number of pyridine rings is 1. The summed E-state index contributed by atoms with van der Waals surface area (Å²) in [5.41, 5.74) is 0.529. The Kier molecular flexibility index (Phi) is 6.30. The number of carbonyl (C=O) groups excluding carboxylic acids is 2. The Hall–Kier alpha value is -2.46. The van der Waals surface area contributed by atoms with Crippen LogP contribution in [-0.2, 0) is 4.74 Å². The highest BCUT2D eigenvalue weighted by molar-refractivity contribution is 6.29. The van der Waals surface area contributed by atoms with Crippen molar-refractivity contribution in [3.05, 3.63) is 22.8 Å². The van der Waals surface area contributed by atoms with Crippen LogP contribution in [0.2, 0.25) is 5.15 Å². The third kappa shape index (κ3) is 4.50. The summed E-state index contributed by atoms with van der Waals surface area (Å²) < 4.78 is 10.3. The van der Waals surface area contributed by atoms with Gasteiger partial charge in [-0.25, -0.2) is 9.78 Å². The number of carbonyl (C=O) groups is 2. The summed E-state index contributed by atoms with van der Waals surface area (Å²) in [6, 6.07) is 3.16. The number of methoxy groups -OCH3 is 1. The van der Waals surface area contributed by atoms with Gasteiger partial charge in [-0.1, -0.05) is 17.5 Å². The van der Waals surface area contributed by atoms with Gasteiger partial charge in [0.2, 0.25) is 5.88 Å². The Morgan fingerprint density at radius 2 is 1.89 bits per heavy atom. The topological polar surface area (TPSA) is 72.0 Å². The molecule has 2 aliphatic heterocycles. The zero-order chi connectivity index (χ0) is 20.1. The number of hydrogen-bond donors (Lipinski definition) is 0. The molecule has 28 heavy (non-hydrogen) atoms. The second kappa shape index (κ2) is 8.70. The fraction of sp³-hybridized carbons (Fsp3) is 0.550. The van der Waals surface area contributed by atoms with E-state index in [1.54, 1.807) is 24.0 Å². The minimum atomic E-state index is -0.309. The second-order valence-electron chi connectivity index (χ2n) is 7.17. The zero-order valence-corrected chi connectivity index (χ0v) is 16.9. The molecule has 0 aromatic carbocycles. The predicted octanol–water partition coefficient (Wildman–Crippen LogP) is 2.83. The number of aromatic nitrogens is 1. The van der Waals surface area contributed by atoms with Crippen LogP contribution in [0.15, 0.2) is 12.1 Å². The molecule has 150 valence electrons. The first-order valence-electron chi connectivity index (χ1n) is 9.28. The van der Waals surface area contributed by atoms with Gasteiger partial charge in [0.05, 0.1) is 7.11 Å². The lowest BCUT2D eigenvalue weighted by Gasteiger charge is -2.39. The van der Waals surface area contributed by atoms with Gasteiger partial charge in [0.15, 0.2) is 6.61 Å². The molecule has 0 bridgehead atoms. The normalized spacial score (nSPS) is 17.8. The van der Waals surface area contributed by atoms with Crippen molar-refractivity contribution >= 4 is 23.6 Å².